The Hall–Kier alpha value is -1.36. The van der Waals surface area contributed by atoms with E-state index in [1.165, 1.54) is 6.33 Å². The summed E-state index contributed by atoms with van der Waals surface area (Å²) < 4.78 is 0. The average molecular weight is 252 g/mol. The number of hydrogen-bond acceptors (Lipinski definition) is 5. The Labute approximate surface area is 109 Å². The van der Waals surface area contributed by atoms with Crippen molar-refractivity contribution in [1.29, 1.82) is 0 Å². The highest BCUT2D eigenvalue weighted by Crippen LogP contribution is 2.20. The summed E-state index contributed by atoms with van der Waals surface area (Å²) in [5, 5.41) is 16.6. The number of nitrogens with zero attached hydrogens (tertiary/aromatic N) is 2. The number of hydrogen-bond donors (Lipinski definition) is 3. The minimum Gasteiger partial charge on any atom is -0.388 e. The second-order valence-electron chi connectivity index (χ2n) is 4.51. The Morgan fingerprint density at radius 3 is 2.17 bits per heavy atom. The van der Waals surface area contributed by atoms with E-state index in [1.54, 1.807) is 0 Å². The van der Waals surface area contributed by atoms with E-state index in [4.69, 9.17) is 0 Å². The lowest BCUT2D eigenvalue weighted by Gasteiger charge is -2.26. The zero-order valence-corrected chi connectivity index (χ0v) is 11.7. The van der Waals surface area contributed by atoms with Crippen LogP contribution in [0.2, 0.25) is 0 Å². The van der Waals surface area contributed by atoms with Gasteiger partial charge in [0.2, 0.25) is 0 Å². The molecule has 0 aliphatic rings. The van der Waals surface area contributed by atoms with E-state index in [9.17, 15) is 5.11 Å². The van der Waals surface area contributed by atoms with E-state index in [-0.39, 0.29) is 0 Å². The van der Waals surface area contributed by atoms with Gasteiger partial charge >= 0.3 is 0 Å². The highest BCUT2D eigenvalue weighted by atomic mass is 16.3. The molecule has 0 aromatic carbocycles. The minimum absolute atomic E-state index is 0.503. The zero-order chi connectivity index (χ0) is 13.6. The van der Waals surface area contributed by atoms with Crippen molar-refractivity contribution < 1.29 is 5.11 Å². The van der Waals surface area contributed by atoms with Crippen LogP contribution in [0.25, 0.3) is 0 Å². The molecule has 0 atom stereocenters. The molecule has 18 heavy (non-hydrogen) atoms. The molecule has 1 rings (SSSR count). The summed E-state index contributed by atoms with van der Waals surface area (Å²) in [5.41, 5.74) is 0.310. The first-order valence-corrected chi connectivity index (χ1v) is 6.58. The molecule has 1 aromatic heterocycles. The van der Waals surface area contributed by atoms with Crippen molar-refractivity contribution in [1.82, 2.24) is 9.97 Å². The molecule has 3 N–H and O–H groups in total. The summed E-state index contributed by atoms with van der Waals surface area (Å²) in [4.78, 5) is 8.41. The van der Waals surface area contributed by atoms with Crippen LogP contribution in [-0.2, 0) is 0 Å². The first kappa shape index (κ1) is 14.7. The molecule has 0 aliphatic carbocycles. The third-order valence-corrected chi connectivity index (χ3v) is 3.33. The van der Waals surface area contributed by atoms with Crippen molar-refractivity contribution in [2.24, 2.45) is 0 Å². The van der Waals surface area contributed by atoms with Gasteiger partial charge in [-0.2, -0.15) is 0 Å². The topological polar surface area (TPSA) is 70.1 Å². The number of rotatable bonds is 7. The Morgan fingerprint density at radius 2 is 1.67 bits per heavy atom. The molecule has 0 bridgehead atoms. The highest BCUT2D eigenvalue weighted by molar-refractivity contribution is 5.56. The number of aromatic nitrogens is 2. The highest BCUT2D eigenvalue weighted by Gasteiger charge is 2.22. The van der Waals surface area contributed by atoms with Gasteiger partial charge in [-0.05, 0) is 26.7 Å². The average Bonchev–Trinajstić information content (AvgIpc) is 2.39. The Bertz CT molecular complexity index is 377. The van der Waals surface area contributed by atoms with E-state index >= 15 is 0 Å². The Balaban J connectivity index is 2.76. The van der Waals surface area contributed by atoms with Crippen LogP contribution in [0, 0.1) is 6.92 Å². The molecular formula is C13H24N4O. The fourth-order valence-electron chi connectivity index (χ4n) is 1.72. The Morgan fingerprint density at radius 1 is 1.11 bits per heavy atom. The zero-order valence-electron chi connectivity index (χ0n) is 11.7. The van der Waals surface area contributed by atoms with Crippen LogP contribution >= 0.6 is 0 Å². The summed E-state index contributed by atoms with van der Waals surface area (Å²) >= 11 is 0. The van der Waals surface area contributed by atoms with Crippen LogP contribution in [0.4, 0.5) is 11.6 Å². The molecular weight excluding hydrogens is 228 g/mol. The van der Waals surface area contributed by atoms with Crippen molar-refractivity contribution in [3.8, 4) is 0 Å². The molecule has 0 aliphatic heterocycles. The van der Waals surface area contributed by atoms with Crippen LogP contribution in [-0.4, -0.2) is 33.8 Å². The smallest absolute Gasteiger partial charge is 0.134 e. The molecule has 5 nitrogen and oxygen atoms in total. The number of aliphatic hydroxyl groups is 1. The fourth-order valence-corrected chi connectivity index (χ4v) is 1.72. The maximum Gasteiger partial charge on any atom is 0.134 e. The summed E-state index contributed by atoms with van der Waals surface area (Å²) in [6, 6.07) is 0. The van der Waals surface area contributed by atoms with Gasteiger partial charge in [0.05, 0.1) is 5.60 Å². The molecule has 0 spiro atoms. The largest absolute Gasteiger partial charge is 0.388 e. The normalized spacial score (nSPS) is 11.4. The van der Waals surface area contributed by atoms with Gasteiger partial charge in [-0.25, -0.2) is 9.97 Å². The molecule has 0 amide bonds. The van der Waals surface area contributed by atoms with Crippen LogP contribution in [0.3, 0.4) is 0 Å². The van der Waals surface area contributed by atoms with Crippen LogP contribution < -0.4 is 10.6 Å². The van der Waals surface area contributed by atoms with Gasteiger partial charge in [0, 0.05) is 18.7 Å². The van der Waals surface area contributed by atoms with Crippen molar-refractivity contribution in [3.05, 3.63) is 11.9 Å². The molecule has 102 valence electrons. The van der Waals surface area contributed by atoms with E-state index in [0.717, 1.165) is 36.6 Å². The predicted octanol–water partition coefficient (Wildman–Crippen LogP) is 2.18. The first-order valence-electron chi connectivity index (χ1n) is 6.58. The fraction of sp³-hybridized carbons (Fsp3) is 0.692. The molecule has 1 heterocycles. The lowest BCUT2D eigenvalue weighted by atomic mass is 9.97. The van der Waals surface area contributed by atoms with Gasteiger partial charge in [0.15, 0.2) is 0 Å². The van der Waals surface area contributed by atoms with E-state index in [2.05, 4.69) is 20.6 Å². The predicted molar refractivity (Wildman–Crippen MR) is 75.0 cm³/mol. The molecule has 0 radical (unpaired) electrons. The standard InChI is InChI=1S/C13H24N4O/c1-5-13(18,6-2)8-15-12-10(4)11(14-7-3)16-9-17-12/h9,18H,5-8H2,1-4H3,(H2,14,15,16,17). The van der Waals surface area contributed by atoms with Crippen LogP contribution in [0.1, 0.15) is 39.2 Å². The molecule has 0 fully saturated rings. The minimum atomic E-state index is -0.671. The van der Waals surface area contributed by atoms with Crippen molar-refractivity contribution in [2.75, 3.05) is 23.7 Å². The SMILES string of the molecule is CCNc1ncnc(NCC(O)(CC)CC)c1C. The summed E-state index contributed by atoms with van der Waals surface area (Å²) in [7, 11) is 0. The van der Waals surface area contributed by atoms with Gasteiger partial charge < -0.3 is 15.7 Å². The second-order valence-corrected chi connectivity index (χ2v) is 4.51. The quantitative estimate of drug-likeness (QED) is 0.694. The van der Waals surface area contributed by atoms with Gasteiger partial charge in [-0.1, -0.05) is 13.8 Å². The first-order chi connectivity index (χ1) is 8.56. The van der Waals surface area contributed by atoms with Crippen molar-refractivity contribution in [2.45, 2.75) is 46.1 Å². The van der Waals surface area contributed by atoms with Crippen LogP contribution in [0.5, 0.6) is 0 Å². The maximum absolute atomic E-state index is 10.2. The van der Waals surface area contributed by atoms with Gasteiger partial charge in [0.1, 0.15) is 18.0 Å². The second kappa shape index (κ2) is 6.54. The number of nitrogens with one attached hydrogen (secondary N) is 2. The third kappa shape index (κ3) is 3.57. The van der Waals surface area contributed by atoms with E-state index in [1.807, 2.05) is 27.7 Å². The molecule has 0 saturated heterocycles. The summed E-state index contributed by atoms with van der Waals surface area (Å²) in [5.74, 6) is 1.62. The monoisotopic (exact) mass is 252 g/mol. The Kier molecular flexibility index (Phi) is 5.34. The lowest BCUT2D eigenvalue weighted by Crippen LogP contribution is -2.35. The summed E-state index contributed by atoms with van der Waals surface area (Å²) in [6.07, 6.45) is 2.98. The maximum atomic E-state index is 10.2. The van der Waals surface area contributed by atoms with Gasteiger partial charge in [0.25, 0.3) is 0 Å². The van der Waals surface area contributed by atoms with Gasteiger partial charge in [-0.3, -0.25) is 0 Å². The van der Waals surface area contributed by atoms with E-state index in [0.29, 0.717) is 6.54 Å². The van der Waals surface area contributed by atoms with E-state index < -0.39 is 5.60 Å². The lowest BCUT2D eigenvalue weighted by molar-refractivity contribution is 0.0456. The molecule has 1 aromatic rings. The van der Waals surface area contributed by atoms with Crippen LogP contribution in [0.15, 0.2) is 6.33 Å². The van der Waals surface area contributed by atoms with Crippen molar-refractivity contribution >= 4 is 11.6 Å². The molecule has 0 saturated carbocycles. The molecule has 5 heteroatoms. The third-order valence-electron chi connectivity index (χ3n) is 3.33. The summed E-state index contributed by atoms with van der Waals surface area (Å²) in [6.45, 7) is 9.30. The van der Waals surface area contributed by atoms with Gasteiger partial charge in [-0.15, -0.1) is 0 Å². The molecule has 0 unspecified atom stereocenters. The number of anilines is 2. The van der Waals surface area contributed by atoms with Crippen molar-refractivity contribution in [3.63, 3.8) is 0 Å².